The molecule has 0 aliphatic heterocycles. The summed E-state index contributed by atoms with van der Waals surface area (Å²) < 4.78 is 9.95. The fourth-order valence-corrected chi connectivity index (χ4v) is 1.53. The van der Waals surface area contributed by atoms with Crippen molar-refractivity contribution < 1.29 is 14.4 Å². The summed E-state index contributed by atoms with van der Waals surface area (Å²) in [7, 11) is 3.16. The Kier molecular flexibility index (Phi) is 6.62. The minimum absolute atomic E-state index is 0.0395. The molecule has 0 bridgehead atoms. The monoisotopic (exact) mass is 269 g/mol. The van der Waals surface area contributed by atoms with Crippen molar-refractivity contribution in [1.29, 1.82) is 0 Å². The molecule has 0 saturated carbocycles. The summed E-state index contributed by atoms with van der Waals surface area (Å²) in [5, 5.41) is 17.1. The molecule has 0 spiro atoms. The Morgan fingerprint density at radius 2 is 2.05 bits per heavy atom. The lowest BCUT2D eigenvalue weighted by atomic mass is 10.2. The van der Waals surface area contributed by atoms with Gasteiger partial charge in [0.15, 0.2) is 0 Å². The van der Waals surface area contributed by atoms with E-state index in [9.17, 15) is 10.1 Å². The van der Waals surface area contributed by atoms with E-state index in [4.69, 9.17) is 9.47 Å². The number of anilines is 1. The Morgan fingerprint density at radius 1 is 1.26 bits per heavy atom. The number of hydrogen-bond acceptors (Lipinski definition) is 6. The van der Waals surface area contributed by atoms with E-state index >= 15 is 0 Å². The molecule has 0 saturated heterocycles. The topological polar surface area (TPSA) is 85.7 Å². The molecule has 7 heteroatoms. The normalized spacial score (nSPS) is 10.2. The highest BCUT2D eigenvalue weighted by Crippen LogP contribution is 2.28. The third-order valence-corrected chi connectivity index (χ3v) is 2.50. The Morgan fingerprint density at radius 3 is 2.68 bits per heavy atom. The van der Waals surface area contributed by atoms with Crippen molar-refractivity contribution >= 4 is 11.4 Å². The van der Waals surface area contributed by atoms with Crippen LogP contribution in [0.5, 0.6) is 5.75 Å². The highest BCUT2D eigenvalue weighted by atomic mass is 16.6. The van der Waals surface area contributed by atoms with Gasteiger partial charge in [0, 0.05) is 38.9 Å². The smallest absolute Gasteiger partial charge is 0.292 e. The maximum absolute atomic E-state index is 10.9. The van der Waals surface area contributed by atoms with Crippen LogP contribution < -0.4 is 15.4 Å². The standard InChI is InChI=1S/C12H19N3O4/c1-18-8-7-13-5-6-14-11-9-10(19-2)3-4-12(11)15(16)17/h3-4,9,13-14H,5-8H2,1-2H3. The van der Waals surface area contributed by atoms with E-state index in [0.29, 0.717) is 31.1 Å². The molecule has 106 valence electrons. The molecule has 2 N–H and O–H groups in total. The number of benzene rings is 1. The summed E-state index contributed by atoms with van der Waals surface area (Å²) >= 11 is 0. The number of nitrogens with one attached hydrogen (secondary N) is 2. The second-order valence-corrected chi connectivity index (χ2v) is 3.81. The van der Waals surface area contributed by atoms with Crippen molar-refractivity contribution in [2.24, 2.45) is 0 Å². The molecule has 0 fully saturated rings. The molecule has 1 rings (SSSR count). The van der Waals surface area contributed by atoms with Crippen molar-refractivity contribution in [3.63, 3.8) is 0 Å². The van der Waals surface area contributed by atoms with Crippen LogP contribution in [0.3, 0.4) is 0 Å². The third kappa shape index (κ3) is 5.11. The van der Waals surface area contributed by atoms with E-state index in [-0.39, 0.29) is 5.69 Å². The van der Waals surface area contributed by atoms with E-state index < -0.39 is 4.92 Å². The van der Waals surface area contributed by atoms with Gasteiger partial charge in [-0.2, -0.15) is 0 Å². The summed E-state index contributed by atoms with van der Waals surface area (Å²) in [5.74, 6) is 0.584. The number of methoxy groups -OCH3 is 2. The van der Waals surface area contributed by atoms with Crippen molar-refractivity contribution in [1.82, 2.24) is 5.32 Å². The molecule has 1 aromatic rings. The van der Waals surface area contributed by atoms with Crippen LogP contribution in [0.25, 0.3) is 0 Å². The van der Waals surface area contributed by atoms with E-state index in [0.717, 1.165) is 6.54 Å². The lowest BCUT2D eigenvalue weighted by molar-refractivity contribution is -0.384. The first-order chi connectivity index (χ1) is 9.19. The molecule has 0 aliphatic rings. The van der Waals surface area contributed by atoms with Crippen LogP contribution in [0, 0.1) is 10.1 Å². The highest BCUT2D eigenvalue weighted by Gasteiger charge is 2.13. The number of ether oxygens (including phenoxy) is 2. The van der Waals surface area contributed by atoms with Crippen LogP contribution in [0.1, 0.15) is 0 Å². The molecule has 1 aromatic carbocycles. The second kappa shape index (κ2) is 8.28. The molecule has 0 aliphatic carbocycles. The van der Waals surface area contributed by atoms with Gasteiger partial charge in [0.2, 0.25) is 0 Å². The van der Waals surface area contributed by atoms with Gasteiger partial charge in [0.25, 0.3) is 5.69 Å². The van der Waals surface area contributed by atoms with Gasteiger partial charge >= 0.3 is 0 Å². The van der Waals surface area contributed by atoms with E-state index in [1.165, 1.54) is 13.2 Å². The fraction of sp³-hybridized carbons (Fsp3) is 0.500. The second-order valence-electron chi connectivity index (χ2n) is 3.81. The number of nitrogens with zero attached hydrogens (tertiary/aromatic N) is 1. The van der Waals surface area contributed by atoms with Crippen molar-refractivity contribution in [2.45, 2.75) is 0 Å². The predicted octanol–water partition coefficient (Wildman–Crippen LogP) is 1.25. The minimum atomic E-state index is -0.417. The summed E-state index contributed by atoms with van der Waals surface area (Å²) in [6, 6.07) is 4.62. The zero-order chi connectivity index (χ0) is 14.1. The Labute approximate surface area is 112 Å². The van der Waals surface area contributed by atoms with Gasteiger partial charge in [-0.05, 0) is 6.07 Å². The van der Waals surface area contributed by atoms with Crippen molar-refractivity contribution in [2.75, 3.05) is 45.8 Å². The Bertz CT molecular complexity index is 412. The molecular formula is C12H19N3O4. The summed E-state index contributed by atoms with van der Waals surface area (Å²) in [6.07, 6.45) is 0. The lowest BCUT2D eigenvalue weighted by Gasteiger charge is -2.09. The first kappa shape index (κ1) is 15.2. The van der Waals surface area contributed by atoms with Crippen LogP contribution in [0.4, 0.5) is 11.4 Å². The first-order valence-electron chi connectivity index (χ1n) is 5.95. The van der Waals surface area contributed by atoms with Crippen LogP contribution >= 0.6 is 0 Å². The maximum Gasteiger partial charge on any atom is 0.292 e. The Balaban J connectivity index is 2.52. The predicted molar refractivity (Wildman–Crippen MR) is 72.9 cm³/mol. The van der Waals surface area contributed by atoms with E-state index in [2.05, 4.69) is 10.6 Å². The highest BCUT2D eigenvalue weighted by molar-refractivity contribution is 5.64. The average molecular weight is 269 g/mol. The zero-order valence-corrected chi connectivity index (χ0v) is 11.1. The van der Waals surface area contributed by atoms with Crippen LogP contribution in [-0.4, -0.2) is 45.4 Å². The molecule has 0 radical (unpaired) electrons. The number of hydrogen-bond donors (Lipinski definition) is 2. The summed E-state index contributed by atoms with van der Waals surface area (Å²) in [5.41, 5.74) is 0.496. The van der Waals surface area contributed by atoms with Crippen LogP contribution in [0.2, 0.25) is 0 Å². The molecule has 0 atom stereocenters. The van der Waals surface area contributed by atoms with Crippen molar-refractivity contribution in [3.8, 4) is 5.75 Å². The largest absolute Gasteiger partial charge is 0.497 e. The quantitative estimate of drug-likeness (QED) is 0.398. The van der Waals surface area contributed by atoms with Crippen molar-refractivity contribution in [3.05, 3.63) is 28.3 Å². The molecule has 0 unspecified atom stereocenters. The van der Waals surface area contributed by atoms with E-state index in [1.807, 2.05) is 0 Å². The van der Waals surface area contributed by atoms with Gasteiger partial charge in [-0.1, -0.05) is 0 Å². The third-order valence-electron chi connectivity index (χ3n) is 2.50. The molecule has 7 nitrogen and oxygen atoms in total. The molecule has 0 amide bonds. The average Bonchev–Trinajstić information content (AvgIpc) is 2.42. The van der Waals surface area contributed by atoms with E-state index in [1.54, 1.807) is 19.2 Å². The van der Waals surface area contributed by atoms with Gasteiger partial charge in [0.1, 0.15) is 11.4 Å². The summed E-state index contributed by atoms with van der Waals surface area (Å²) in [4.78, 5) is 10.5. The van der Waals surface area contributed by atoms with Crippen LogP contribution in [-0.2, 0) is 4.74 Å². The fourth-order valence-electron chi connectivity index (χ4n) is 1.53. The molecule has 0 aromatic heterocycles. The van der Waals surface area contributed by atoms with Crippen LogP contribution in [0.15, 0.2) is 18.2 Å². The molecule has 19 heavy (non-hydrogen) atoms. The van der Waals surface area contributed by atoms with Gasteiger partial charge in [0.05, 0.1) is 18.6 Å². The zero-order valence-electron chi connectivity index (χ0n) is 11.1. The minimum Gasteiger partial charge on any atom is -0.497 e. The van der Waals surface area contributed by atoms with Gasteiger partial charge in [-0.15, -0.1) is 0 Å². The van der Waals surface area contributed by atoms with Gasteiger partial charge in [-0.3, -0.25) is 10.1 Å². The van der Waals surface area contributed by atoms with Gasteiger partial charge in [-0.25, -0.2) is 0 Å². The first-order valence-corrected chi connectivity index (χ1v) is 5.95. The Hall–Kier alpha value is -1.86. The summed E-state index contributed by atoms with van der Waals surface area (Å²) in [6.45, 7) is 2.66. The molecule has 0 heterocycles. The SMILES string of the molecule is COCCNCCNc1cc(OC)ccc1[N+](=O)[O-]. The van der Waals surface area contributed by atoms with Gasteiger partial charge < -0.3 is 20.1 Å². The maximum atomic E-state index is 10.9. The molecular weight excluding hydrogens is 250 g/mol. The number of nitro benzene ring substituents is 1. The lowest BCUT2D eigenvalue weighted by Crippen LogP contribution is -2.25. The number of nitro groups is 1. The number of rotatable bonds is 9.